The molecule has 13 heteroatoms. The number of nitrogens with one attached hydrogen (secondary N) is 2. The van der Waals surface area contributed by atoms with Gasteiger partial charge < -0.3 is 14.8 Å². The lowest BCUT2D eigenvalue weighted by Crippen LogP contribution is -2.19. The summed E-state index contributed by atoms with van der Waals surface area (Å²) in [5, 5.41) is 11.5. The van der Waals surface area contributed by atoms with Crippen LogP contribution in [0.1, 0.15) is 20.9 Å². The van der Waals surface area contributed by atoms with Gasteiger partial charge in [0.2, 0.25) is 10.9 Å². The van der Waals surface area contributed by atoms with Crippen molar-refractivity contribution in [2.45, 2.75) is 6.18 Å². The molecular formula is C19H14ClF3N4O4S. The SMILES string of the molecule is COc1ccc(C(=O)c2nnc(NC(=O)Nc3ccc(Cl)c(C(F)(F)F)c3)s2)cc1OC. The maximum absolute atomic E-state index is 12.9. The lowest BCUT2D eigenvalue weighted by atomic mass is 10.1. The Labute approximate surface area is 188 Å². The number of anilines is 2. The van der Waals surface area contributed by atoms with E-state index in [0.717, 1.165) is 17.4 Å². The predicted molar refractivity (Wildman–Crippen MR) is 112 cm³/mol. The molecule has 0 saturated carbocycles. The second kappa shape index (κ2) is 9.40. The Morgan fingerprint density at radius 3 is 2.38 bits per heavy atom. The largest absolute Gasteiger partial charge is 0.493 e. The van der Waals surface area contributed by atoms with Gasteiger partial charge in [-0.2, -0.15) is 13.2 Å². The molecular weight excluding hydrogens is 473 g/mol. The monoisotopic (exact) mass is 486 g/mol. The molecule has 1 heterocycles. The molecule has 0 unspecified atom stereocenters. The number of amides is 2. The van der Waals surface area contributed by atoms with Gasteiger partial charge in [-0.3, -0.25) is 10.1 Å². The highest BCUT2D eigenvalue weighted by Gasteiger charge is 2.33. The number of nitrogens with zero attached hydrogens (tertiary/aromatic N) is 2. The molecule has 0 aliphatic carbocycles. The van der Waals surface area contributed by atoms with E-state index in [0.29, 0.717) is 17.6 Å². The minimum Gasteiger partial charge on any atom is -0.493 e. The smallest absolute Gasteiger partial charge is 0.417 e. The van der Waals surface area contributed by atoms with Crippen LogP contribution in [0.5, 0.6) is 11.5 Å². The zero-order chi connectivity index (χ0) is 23.5. The second-order valence-corrected chi connectivity index (χ2v) is 7.47. The summed E-state index contributed by atoms with van der Waals surface area (Å²) in [5.74, 6) is 0.322. The third-order valence-electron chi connectivity index (χ3n) is 4.02. The van der Waals surface area contributed by atoms with E-state index in [1.165, 1.54) is 32.4 Å². The standard InChI is InChI=1S/C19H14ClF3N4O4S/c1-30-13-6-3-9(7-14(13)31-2)15(28)16-26-27-18(32-16)25-17(29)24-10-4-5-12(20)11(8-10)19(21,22)23/h3-8H,1-2H3,(H2,24,25,27,29). The Kier molecular flexibility index (Phi) is 6.84. The van der Waals surface area contributed by atoms with Crippen molar-refractivity contribution in [2.75, 3.05) is 24.9 Å². The molecule has 3 aromatic rings. The van der Waals surface area contributed by atoms with E-state index in [1.807, 2.05) is 0 Å². The highest BCUT2D eigenvalue weighted by molar-refractivity contribution is 7.17. The van der Waals surface area contributed by atoms with Crippen molar-refractivity contribution in [1.82, 2.24) is 10.2 Å². The average Bonchev–Trinajstić information content (AvgIpc) is 3.21. The molecule has 0 radical (unpaired) electrons. The van der Waals surface area contributed by atoms with Gasteiger partial charge in [0.05, 0.1) is 24.8 Å². The number of benzene rings is 2. The van der Waals surface area contributed by atoms with Gasteiger partial charge in [0.15, 0.2) is 16.5 Å². The van der Waals surface area contributed by atoms with Gasteiger partial charge in [0.25, 0.3) is 0 Å². The van der Waals surface area contributed by atoms with Crippen LogP contribution < -0.4 is 20.1 Å². The van der Waals surface area contributed by atoms with Crippen LogP contribution in [0.3, 0.4) is 0 Å². The number of hydrogen-bond acceptors (Lipinski definition) is 7. The number of ketones is 1. The first-order chi connectivity index (χ1) is 15.1. The number of carbonyl (C=O) groups excluding carboxylic acids is 2. The normalized spacial score (nSPS) is 11.1. The molecule has 1 aromatic heterocycles. The first-order valence-electron chi connectivity index (χ1n) is 8.67. The van der Waals surface area contributed by atoms with Crippen LogP contribution in [-0.2, 0) is 6.18 Å². The van der Waals surface area contributed by atoms with E-state index in [2.05, 4.69) is 20.8 Å². The Morgan fingerprint density at radius 1 is 1.00 bits per heavy atom. The van der Waals surface area contributed by atoms with Crippen LogP contribution in [0.15, 0.2) is 36.4 Å². The first kappa shape index (κ1) is 23.3. The van der Waals surface area contributed by atoms with Crippen LogP contribution in [0.2, 0.25) is 5.02 Å². The fourth-order valence-corrected chi connectivity index (χ4v) is 3.47. The predicted octanol–water partition coefficient (Wildman–Crippen LogP) is 5.10. The van der Waals surface area contributed by atoms with Crippen LogP contribution in [0.4, 0.5) is 28.8 Å². The number of aromatic nitrogens is 2. The first-order valence-corrected chi connectivity index (χ1v) is 9.86. The molecule has 3 rings (SSSR count). The molecule has 168 valence electrons. The highest BCUT2D eigenvalue weighted by Crippen LogP contribution is 2.36. The third kappa shape index (κ3) is 5.26. The maximum atomic E-state index is 12.9. The number of alkyl halides is 3. The second-order valence-electron chi connectivity index (χ2n) is 6.08. The van der Waals surface area contributed by atoms with Crippen molar-refractivity contribution < 1.29 is 32.2 Å². The van der Waals surface area contributed by atoms with E-state index in [9.17, 15) is 22.8 Å². The summed E-state index contributed by atoms with van der Waals surface area (Å²) in [5.41, 5.74) is -0.961. The number of methoxy groups -OCH3 is 2. The number of rotatable bonds is 6. The summed E-state index contributed by atoms with van der Waals surface area (Å²) in [4.78, 5) is 24.7. The van der Waals surface area contributed by atoms with Crippen molar-refractivity contribution >= 4 is 45.6 Å². The number of carbonyl (C=O) groups is 2. The zero-order valence-corrected chi connectivity index (χ0v) is 18.0. The van der Waals surface area contributed by atoms with Gasteiger partial charge in [-0.1, -0.05) is 22.9 Å². The molecule has 0 spiro atoms. The van der Waals surface area contributed by atoms with Crippen molar-refractivity contribution in [2.24, 2.45) is 0 Å². The molecule has 0 fully saturated rings. The molecule has 8 nitrogen and oxygen atoms in total. The fraction of sp³-hybridized carbons (Fsp3) is 0.158. The van der Waals surface area contributed by atoms with E-state index in [-0.39, 0.29) is 21.4 Å². The molecule has 0 atom stereocenters. The van der Waals surface area contributed by atoms with Gasteiger partial charge in [0, 0.05) is 11.3 Å². The van der Waals surface area contributed by atoms with E-state index in [4.69, 9.17) is 21.1 Å². The van der Waals surface area contributed by atoms with Crippen molar-refractivity contribution in [1.29, 1.82) is 0 Å². The minimum absolute atomic E-state index is 0.0154. The molecule has 32 heavy (non-hydrogen) atoms. The van der Waals surface area contributed by atoms with Crippen LogP contribution in [0, 0.1) is 0 Å². The molecule has 0 bridgehead atoms. The summed E-state index contributed by atoms with van der Waals surface area (Å²) >= 11 is 6.35. The number of halogens is 4. The van der Waals surface area contributed by atoms with Gasteiger partial charge >= 0.3 is 12.2 Å². The number of urea groups is 1. The highest BCUT2D eigenvalue weighted by atomic mass is 35.5. The van der Waals surface area contributed by atoms with Crippen molar-refractivity contribution in [3.8, 4) is 11.5 Å². The van der Waals surface area contributed by atoms with Crippen molar-refractivity contribution in [3.63, 3.8) is 0 Å². The van der Waals surface area contributed by atoms with E-state index < -0.39 is 28.6 Å². The van der Waals surface area contributed by atoms with Crippen molar-refractivity contribution in [3.05, 3.63) is 57.6 Å². The minimum atomic E-state index is -4.68. The molecule has 2 aromatic carbocycles. The number of hydrogen-bond donors (Lipinski definition) is 2. The Morgan fingerprint density at radius 2 is 1.72 bits per heavy atom. The Hall–Kier alpha value is -3.38. The average molecular weight is 487 g/mol. The fourth-order valence-electron chi connectivity index (χ4n) is 2.55. The van der Waals surface area contributed by atoms with Gasteiger partial charge in [0.1, 0.15) is 0 Å². The van der Waals surface area contributed by atoms with E-state index in [1.54, 1.807) is 6.07 Å². The molecule has 0 aliphatic rings. The summed E-state index contributed by atoms with van der Waals surface area (Å²) in [6.45, 7) is 0. The zero-order valence-electron chi connectivity index (χ0n) is 16.4. The molecule has 0 aliphatic heterocycles. The quantitative estimate of drug-likeness (QED) is 0.470. The van der Waals surface area contributed by atoms with Gasteiger partial charge in [-0.15, -0.1) is 10.2 Å². The summed E-state index contributed by atoms with van der Waals surface area (Å²) in [6, 6.07) is 6.61. The summed E-state index contributed by atoms with van der Waals surface area (Å²) in [7, 11) is 2.89. The maximum Gasteiger partial charge on any atom is 0.417 e. The molecule has 2 N–H and O–H groups in total. The van der Waals surface area contributed by atoms with Gasteiger partial charge in [-0.25, -0.2) is 4.79 Å². The summed E-state index contributed by atoms with van der Waals surface area (Å²) < 4.78 is 49.1. The molecule has 0 saturated heterocycles. The lowest BCUT2D eigenvalue weighted by Gasteiger charge is -2.11. The topological polar surface area (TPSA) is 102 Å². The van der Waals surface area contributed by atoms with Crippen LogP contribution in [0.25, 0.3) is 0 Å². The van der Waals surface area contributed by atoms with E-state index >= 15 is 0 Å². The number of ether oxygens (including phenoxy) is 2. The Bertz CT molecular complexity index is 1170. The summed E-state index contributed by atoms with van der Waals surface area (Å²) in [6.07, 6.45) is -4.68. The van der Waals surface area contributed by atoms with Gasteiger partial charge in [-0.05, 0) is 36.4 Å². The lowest BCUT2D eigenvalue weighted by molar-refractivity contribution is -0.137. The molecule has 2 amide bonds. The third-order valence-corrected chi connectivity index (χ3v) is 5.18. The Balaban J connectivity index is 1.70. The van der Waals surface area contributed by atoms with Crippen LogP contribution in [-0.4, -0.2) is 36.2 Å². The van der Waals surface area contributed by atoms with Crippen LogP contribution >= 0.6 is 22.9 Å².